The third-order valence-corrected chi connectivity index (χ3v) is 8.13. The van der Waals surface area contributed by atoms with Crippen molar-refractivity contribution in [2.24, 2.45) is 0 Å². The maximum Gasteiger partial charge on any atom is 0.361 e. The molecular formula is C22H26N5O9P. The van der Waals surface area contributed by atoms with Crippen molar-refractivity contribution in [1.29, 1.82) is 0 Å². The molecule has 3 aromatic rings. The first-order valence-electron chi connectivity index (χ1n) is 11.3. The first kappa shape index (κ1) is 25.7. The first-order valence-corrected chi connectivity index (χ1v) is 12.9. The molecule has 4 heterocycles. The van der Waals surface area contributed by atoms with E-state index in [9.17, 15) is 19.3 Å². The lowest BCUT2D eigenvalue weighted by molar-refractivity contribution is -0.203. The van der Waals surface area contributed by atoms with Gasteiger partial charge in [-0.2, -0.15) is 4.98 Å². The van der Waals surface area contributed by atoms with Crippen LogP contribution >= 0.6 is 7.60 Å². The average Bonchev–Trinajstić information content (AvgIpc) is 3.54. The van der Waals surface area contributed by atoms with E-state index in [1.54, 1.807) is 44.2 Å². The molecule has 15 heteroatoms. The fraction of sp³-hybridized carbons (Fsp3) is 0.455. The van der Waals surface area contributed by atoms with Crippen LogP contribution in [0, 0.1) is 0 Å². The maximum absolute atomic E-state index is 12.9. The molecule has 2 aliphatic rings. The van der Waals surface area contributed by atoms with Gasteiger partial charge in [0, 0.05) is 19.8 Å². The number of amides is 1. The number of ether oxygens (including phenoxy) is 3. The standard InChI is InChI=1S/C22H26N5O9P/c1-22(2)35-13-14(36-22)19(34-15(13)20(30)37(31,32-3)33-4)27-10-23-12-16(27)24-21(26-18(12)29)25-17(28)11-8-6-5-7-9-11/h5-10,13-15,19-20,30H,1-4H3,(H2,24,25,26,28,29)/t13-,14+,15-,19+,20-/m0/s1. The van der Waals surface area contributed by atoms with Gasteiger partial charge in [0.25, 0.3) is 11.5 Å². The van der Waals surface area contributed by atoms with Crippen molar-refractivity contribution in [1.82, 2.24) is 19.5 Å². The summed E-state index contributed by atoms with van der Waals surface area (Å²) in [5.41, 5.74) is -0.150. The van der Waals surface area contributed by atoms with Crippen LogP contribution in [-0.4, -0.2) is 74.7 Å². The number of carbonyl (C=O) groups excluding carboxylic acids is 1. The molecule has 37 heavy (non-hydrogen) atoms. The van der Waals surface area contributed by atoms with Gasteiger partial charge in [0.1, 0.15) is 18.3 Å². The Morgan fingerprint density at radius 1 is 1.22 bits per heavy atom. The van der Waals surface area contributed by atoms with Gasteiger partial charge in [0.05, 0.1) is 6.33 Å². The minimum absolute atomic E-state index is 0.0144. The number of fused-ring (bicyclic) bond motifs is 2. The van der Waals surface area contributed by atoms with Crippen molar-refractivity contribution in [2.45, 2.75) is 50.0 Å². The van der Waals surface area contributed by atoms with E-state index in [1.165, 1.54) is 10.9 Å². The topological polar surface area (TPSA) is 176 Å². The number of aliphatic hydroxyl groups is 1. The van der Waals surface area contributed by atoms with E-state index in [-0.39, 0.29) is 17.1 Å². The van der Waals surface area contributed by atoms with Gasteiger partial charge in [-0.25, -0.2) is 4.98 Å². The van der Waals surface area contributed by atoms with Gasteiger partial charge < -0.3 is 28.4 Å². The zero-order valence-electron chi connectivity index (χ0n) is 20.4. The van der Waals surface area contributed by atoms with Gasteiger partial charge in [-0.05, 0) is 26.0 Å². The molecular weight excluding hydrogens is 509 g/mol. The average molecular weight is 535 g/mol. The molecule has 2 saturated heterocycles. The molecule has 5 rings (SSSR count). The summed E-state index contributed by atoms with van der Waals surface area (Å²) in [7, 11) is -1.67. The molecule has 5 atom stereocenters. The number of nitrogens with one attached hydrogen (secondary N) is 2. The van der Waals surface area contributed by atoms with Gasteiger partial charge in [0.15, 0.2) is 29.0 Å². The number of aliphatic hydroxyl groups excluding tert-OH is 1. The number of aromatic amines is 1. The molecule has 2 aromatic heterocycles. The number of nitrogens with zero attached hydrogens (tertiary/aromatic N) is 3. The normalized spacial score (nSPS) is 25.8. The predicted molar refractivity (Wildman–Crippen MR) is 128 cm³/mol. The molecule has 0 unspecified atom stereocenters. The second-order valence-corrected chi connectivity index (χ2v) is 11.3. The minimum atomic E-state index is -3.97. The summed E-state index contributed by atoms with van der Waals surface area (Å²) < 4.78 is 42.3. The van der Waals surface area contributed by atoms with Crippen molar-refractivity contribution < 1.29 is 37.7 Å². The first-order chi connectivity index (χ1) is 17.6. The number of hydrogen-bond donors (Lipinski definition) is 3. The molecule has 2 aliphatic heterocycles. The number of aromatic nitrogens is 4. The lowest BCUT2D eigenvalue weighted by atomic mass is 10.1. The van der Waals surface area contributed by atoms with E-state index in [2.05, 4.69) is 20.3 Å². The van der Waals surface area contributed by atoms with E-state index in [0.717, 1.165) is 14.2 Å². The Balaban J connectivity index is 1.52. The molecule has 2 fully saturated rings. The molecule has 198 valence electrons. The van der Waals surface area contributed by atoms with E-state index in [1.807, 2.05) is 0 Å². The minimum Gasteiger partial charge on any atom is -0.378 e. The monoisotopic (exact) mass is 535 g/mol. The number of imidazole rings is 1. The number of hydrogen-bond acceptors (Lipinski definition) is 11. The highest BCUT2D eigenvalue weighted by atomic mass is 31.2. The van der Waals surface area contributed by atoms with Crippen LogP contribution in [0.25, 0.3) is 11.2 Å². The Morgan fingerprint density at radius 3 is 2.57 bits per heavy atom. The second-order valence-electron chi connectivity index (χ2n) is 8.93. The smallest absolute Gasteiger partial charge is 0.361 e. The predicted octanol–water partition coefficient (Wildman–Crippen LogP) is 1.59. The Hall–Kier alpha value is -2.97. The fourth-order valence-electron chi connectivity index (χ4n) is 4.48. The van der Waals surface area contributed by atoms with Crippen molar-refractivity contribution in [2.75, 3.05) is 19.5 Å². The van der Waals surface area contributed by atoms with Gasteiger partial charge in [-0.3, -0.25) is 29.0 Å². The van der Waals surface area contributed by atoms with Crippen LogP contribution in [0.4, 0.5) is 5.95 Å². The molecule has 1 amide bonds. The van der Waals surface area contributed by atoms with Crippen molar-refractivity contribution in [3.05, 3.63) is 52.6 Å². The Kier molecular flexibility index (Phi) is 6.52. The van der Waals surface area contributed by atoms with Crippen molar-refractivity contribution in [3.8, 4) is 0 Å². The summed E-state index contributed by atoms with van der Waals surface area (Å²) in [4.78, 5) is 36.3. The molecule has 3 N–H and O–H groups in total. The van der Waals surface area contributed by atoms with Crippen LogP contribution in [0.1, 0.15) is 30.4 Å². The molecule has 0 aliphatic carbocycles. The summed E-state index contributed by atoms with van der Waals surface area (Å²) in [6.45, 7) is 3.37. The van der Waals surface area contributed by atoms with Gasteiger partial charge in [-0.15, -0.1) is 0 Å². The lowest BCUT2D eigenvalue weighted by Gasteiger charge is -2.29. The highest BCUT2D eigenvalue weighted by Gasteiger charge is 2.61. The molecule has 14 nitrogen and oxygen atoms in total. The lowest BCUT2D eigenvalue weighted by Crippen LogP contribution is -2.39. The summed E-state index contributed by atoms with van der Waals surface area (Å²) >= 11 is 0. The van der Waals surface area contributed by atoms with Crippen LogP contribution < -0.4 is 10.9 Å². The maximum atomic E-state index is 12.9. The third-order valence-electron chi connectivity index (χ3n) is 6.17. The Labute approximate surface area is 210 Å². The van der Waals surface area contributed by atoms with Gasteiger partial charge in [0.2, 0.25) is 5.95 Å². The van der Waals surface area contributed by atoms with E-state index < -0.39 is 55.2 Å². The van der Waals surface area contributed by atoms with Crippen LogP contribution in [0.5, 0.6) is 0 Å². The molecule has 0 radical (unpaired) electrons. The van der Waals surface area contributed by atoms with E-state index in [4.69, 9.17) is 23.3 Å². The summed E-state index contributed by atoms with van der Waals surface area (Å²) in [6.07, 6.45) is -2.53. The quantitative estimate of drug-likeness (QED) is 0.375. The van der Waals surface area contributed by atoms with Crippen molar-refractivity contribution >= 4 is 30.6 Å². The van der Waals surface area contributed by atoms with Crippen LogP contribution in [-0.2, 0) is 27.8 Å². The van der Waals surface area contributed by atoms with Crippen LogP contribution in [0.3, 0.4) is 0 Å². The van der Waals surface area contributed by atoms with Gasteiger partial charge >= 0.3 is 7.60 Å². The molecule has 0 saturated carbocycles. The highest BCUT2D eigenvalue weighted by Crippen LogP contribution is 2.56. The van der Waals surface area contributed by atoms with Gasteiger partial charge in [-0.1, -0.05) is 18.2 Å². The van der Waals surface area contributed by atoms with Crippen LogP contribution in [0.2, 0.25) is 0 Å². The third kappa shape index (κ3) is 4.50. The Morgan fingerprint density at radius 2 is 1.89 bits per heavy atom. The zero-order chi connectivity index (χ0) is 26.5. The fourth-order valence-corrected chi connectivity index (χ4v) is 5.66. The number of rotatable bonds is 7. The molecule has 0 bridgehead atoms. The molecule has 1 aromatic carbocycles. The summed E-state index contributed by atoms with van der Waals surface area (Å²) in [5.74, 6) is -3.34. The van der Waals surface area contributed by atoms with Crippen LogP contribution in [0.15, 0.2) is 41.5 Å². The zero-order valence-corrected chi connectivity index (χ0v) is 21.2. The largest absolute Gasteiger partial charge is 0.378 e. The number of carbonyl (C=O) groups is 1. The highest BCUT2D eigenvalue weighted by molar-refractivity contribution is 7.54. The number of benzene rings is 1. The molecule has 0 spiro atoms. The number of H-pyrrole nitrogens is 1. The summed E-state index contributed by atoms with van der Waals surface area (Å²) in [6, 6.07) is 8.42. The van der Waals surface area contributed by atoms with E-state index >= 15 is 0 Å². The SMILES string of the molecule is COP(=O)(OC)[C@H](O)[C@H]1O[C@@H](n2cnc3c(=O)[nH]c(NC(=O)c4ccccc4)nc32)[C@@H]2OC(C)(C)O[C@@H]21. The van der Waals surface area contributed by atoms with E-state index in [0.29, 0.717) is 5.56 Å². The second kappa shape index (κ2) is 9.40. The Bertz CT molecular complexity index is 1420. The summed E-state index contributed by atoms with van der Waals surface area (Å²) in [5, 5.41) is 13.5. The number of anilines is 1. The van der Waals surface area contributed by atoms with Crippen molar-refractivity contribution in [3.63, 3.8) is 0 Å².